The van der Waals surface area contributed by atoms with Crippen molar-refractivity contribution in [2.24, 2.45) is 0 Å². The maximum atomic E-state index is 5.54. The fourth-order valence-corrected chi connectivity index (χ4v) is 1.70. The lowest BCUT2D eigenvalue weighted by molar-refractivity contribution is 0.154. The van der Waals surface area contributed by atoms with Crippen LogP contribution in [-0.2, 0) is 9.47 Å². The average Bonchev–Trinajstić information content (AvgIpc) is 2.42. The second-order valence-corrected chi connectivity index (χ2v) is 4.29. The average molecular weight is 248 g/mol. The maximum Gasteiger partial charge on any atom is 0.0650 e. The SMILES string of the molecule is COCCCCCCOC/C=C/c1ccccc1. The molecule has 1 aromatic carbocycles. The van der Waals surface area contributed by atoms with Gasteiger partial charge in [0.25, 0.3) is 0 Å². The van der Waals surface area contributed by atoms with E-state index in [0.29, 0.717) is 6.61 Å². The Hall–Kier alpha value is -1.12. The number of methoxy groups -OCH3 is 1. The third-order valence-electron chi connectivity index (χ3n) is 2.71. The van der Waals surface area contributed by atoms with E-state index in [4.69, 9.17) is 9.47 Å². The van der Waals surface area contributed by atoms with Gasteiger partial charge < -0.3 is 9.47 Å². The summed E-state index contributed by atoms with van der Waals surface area (Å²) in [6.07, 6.45) is 8.93. The largest absolute Gasteiger partial charge is 0.385 e. The monoisotopic (exact) mass is 248 g/mol. The van der Waals surface area contributed by atoms with Gasteiger partial charge in [-0.3, -0.25) is 0 Å². The first-order chi connectivity index (χ1) is 8.93. The van der Waals surface area contributed by atoms with E-state index >= 15 is 0 Å². The van der Waals surface area contributed by atoms with Gasteiger partial charge >= 0.3 is 0 Å². The van der Waals surface area contributed by atoms with Crippen molar-refractivity contribution in [1.82, 2.24) is 0 Å². The Balaban J connectivity index is 1.91. The Bertz CT molecular complexity index is 306. The highest BCUT2D eigenvalue weighted by Gasteiger charge is 1.90. The Morgan fingerprint density at radius 1 is 0.944 bits per heavy atom. The van der Waals surface area contributed by atoms with Crippen molar-refractivity contribution in [3.63, 3.8) is 0 Å². The van der Waals surface area contributed by atoms with Gasteiger partial charge in [0, 0.05) is 20.3 Å². The summed E-state index contributed by atoms with van der Waals surface area (Å²) in [4.78, 5) is 0. The molecule has 0 fully saturated rings. The zero-order chi connectivity index (χ0) is 12.9. The molecule has 0 N–H and O–H groups in total. The number of hydrogen-bond donors (Lipinski definition) is 0. The normalized spacial score (nSPS) is 11.2. The van der Waals surface area contributed by atoms with Gasteiger partial charge in [0.2, 0.25) is 0 Å². The summed E-state index contributed by atoms with van der Waals surface area (Å²) >= 11 is 0. The molecule has 0 saturated carbocycles. The topological polar surface area (TPSA) is 18.5 Å². The van der Waals surface area contributed by atoms with Crippen molar-refractivity contribution in [2.75, 3.05) is 26.9 Å². The maximum absolute atomic E-state index is 5.54. The van der Waals surface area contributed by atoms with Crippen LogP contribution in [0.25, 0.3) is 6.08 Å². The van der Waals surface area contributed by atoms with E-state index in [1.165, 1.54) is 18.4 Å². The van der Waals surface area contributed by atoms with Crippen LogP contribution < -0.4 is 0 Å². The Morgan fingerprint density at radius 2 is 1.67 bits per heavy atom. The Morgan fingerprint density at radius 3 is 2.39 bits per heavy atom. The molecule has 0 saturated heterocycles. The first-order valence-electron chi connectivity index (χ1n) is 6.72. The van der Waals surface area contributed by atoms with Gasteiger partial charge in [0.1, 0.15) is 0 Å². The second kappa shape index (κ2) is 11.0. The van der Waals surface area contributed by atoms with Gasteiger partial charge in [-0.25, -0.2) is 0 Å². The van der Waals surface area contributed by atoms with Crippen LogP contribution in [-0.4, -0.2) is 26.9 Å². The summed E-state index contributed by atoms with van der Waals surface area (Å²) in [6, 6.07) is 10.3. The molecule has 100 valence electrons. The third-order valence-corrected chi connectivity index (χ3v) is 2.71. The quantitative estimate of drug-likeness (QED) is 0.584. The standard InChI is InChI=1S/C16H24O2/c1-17-13-7-2-3-8-14-18-15-9-12-16-10-5-4-6-11-16/h4-6,9-12H,2-3,7-8,13-15H2,1H3/b12-9+. The summed E-state index contributed by atoms with van der Waals surface area (Å²) in [5.74, 6) is 0. The lowest BCUT2D eigenvalue weighted by Gasteiger charge is -2.01. The zero-order valence-corrected chi connectivity index (χ0v) is 11.3. The summed E-state index contributed by atoms with van der Waals surface area (Å²) in [5, 5.41) is 0. The van der Waals surface area contributed by atoms with Crippen LogP contribution in [0.1, 0.15) is 31.2 Å². The van der Waals surface area contributed by atoms with E-state index in [9.17, 15) is 0 Å². The van der Waals surface area contributed by atoms with Gasteiger partial charge in [-0.15, -0.1) is 0 Å². The highest BCUT2D eigenvalue weighted by Crippen LogP contribution is 2.02. The van der Waals surface area contributed by atoms with E-state index in [1.54, 1.807) is 7.11 Å². The van der Waals surface area contributed by atoms with Crippen LogP contribution in [0.3, 0.4) is 0 Å². The van der Waals surface area contributed by atoms with Crippen LogP contribution in [0.2, 0.25) is 0 Å². The smallest absolute Gasteiger partial charge is 0.0650 e. The van der Waals surface area contributed by atoms with E-state index in [-0.39, 0.29) is 0 Å². The molecule has 1 aromatic rings. The Labute approximate surface area is 111 Å². The van der Waals surface area contributed by atoms with E-state index < -0.39 is 0 Å². The summed E-state index contributed by atoms with van der Waals surface area (Å²) in [6.45, 7) is 2.43. The van der Waals surface area contributed by atoms with Crippen LogP contribution >= 0.6 is 0 Å². The first kappa shape index (κ1) is 14.9. The minimum Gasteiger partial charge on any atom is -0.385 e. The molecular weight excluding hydrogens is 224 g/mol. The summed E-state index contributed by atoms with van der Waals surface area (Å²) in [5.41, 5.74) is 1.22. The predicted octanol–water partition coefficient (Wildman–Crippen LogP) is 3.92. The molecule has 1 rings (SSSR count). The van der Waals surface area contributed by atoms with Crippen molar-refractivity contribution in [1.29, 1.82) is 0 Å². The van der Waals surface area contributed by atoms with Crippen molar-refractivity contribution >= 4 is 6.08 Å². The lowest BCUT2D eigenvalue weighted by Crippen LogP contribution is -1.95. The second-order valence-electron chi connectivity index (χ2n) is 4.29. The molecule has 0 atom stereocenters. The highest BCUT2D eigenvalue weighted by atomic mass is 16.5. The first-order valence-corrected chi connectivity index (χ1v) is 6.72. The van der Waals surface area contributed by atoms with Crippen molar-refractivity contribution < 1.29 is 9.47 Å². The van der Waals surface area contributed by atoms with Crippen LogP contribution in [0, 0.1) is 0 Å². The fourth-order valence-electron chi connectivity index (χ4n) is 1.70. The highest BCUT2D eigenvalue weighted by molar-refractivity contribution is 5.48. The van der Waals surface area contributed by atoms with Crippen LogP contribution in [0.4, 0.5) is 0 Å². The molecule has 0 aliphatic heterocycles. The van der Waals surface area contributed by atoms with Gasteiger partial charge in [0.15, 0.2) is 0 Å². The van der Waals surface area contributed by atoms with Gasteiger partial charge in [0.05, 0.1) is 6.61 Å². The van der Waals surface area contributed by atoms with E-state index in [2.05, 4.69) is 24.3 Å². The number of unbranched alkanes of at least 4 members (excludes halogenated alkanes) is 3. The fraction of sp³-hybridized carbons (Fsp3) is 0.500. The summed E-state index contributed by atoms with van der Waals surface area (Å²) < 4.78 is 10.5. The number of benzene rings is 1. The molecular formula is C16H24O2. The molecule has 2 nitrogen and oxygen atoms in total. The van der Waals surface area contributed by atoms with Gasteiger partial charge in [-0.05, 0) is 18.4 Å². The lowest BCUT2D eigenvalue weighted by atomic mass is 10.2. The van der Waals surface area contributed by atoms with E-state index in [0.717, 1.165) is 26.1 Å². The Kier molecular flexibility index (Phi) is 9.13. The van der Waals surface area contributed by atoms with Crippen LogP contribution in [0.5, 0.6) is 0 Å². The molecule has 0 bridgehead atoms. The molecule has 0 spiro atoms. The minimum atomic E-state index is 0.701. The minimum absolute atomic E-state index is 0.701. The molecule has 2 heteroatoms. The number of hydrogen-bond acceptors (Lipinski definition) is 2. The summed E-state index contributed by atoms with van der Waals surface area (Å²) in [7, 11) is 1.75. The third kappa shape index (κ3) is 8.04. The molecule has 0 heterocycles. The molecule has 0 amide bonds. The molecule has 0 aliphatic carbocycles. The zero-order valence-electron chi connectivity index (χ0n) is 11.3. The number of rotatable bonds is 10. The van der Waals surface area contributed by atoms with Gasteiger partial charge in [-0.2, -0.15) is 0 Å². The van der Waals surface area contributed by atoms with Crippen molar-refractivity contribution in [2.45, 2.75) is 25.7 Å². The predicted molar refractivity (Wildman–Crippen MR) is 76.6 cm³/mol. The van der Waals surface area contributed by atoms with Crippen LogP contribution in [0.15, 0.2) is 36.4 Å². The van der Waals surface area contributed by atoms with Crippen molar-refractivity contribution in [3.8, 4) is 0 Å². The molecule has 0 aromatic heterocycles. The van der Waals surface area contributed by atoms with E-state index in [1.807, 2.05) is 18.2 Å². The molecule has 0 aliphatic rings. The molecule has 0 unspecified atom stereocenters. The molecule has 0 radical (unpaired) electrons. The number of ether oxygens (including phenoxy) is 2. The molecule has 18 heavy (non-hydrogen) atoms. The van der Waals surface area contributed by atoms with Crippen molar-refractivity contribution in [3.05, 3.63) is 42.0 Å². The van der Waals surface area contributed by atoms with Gasteiger partial charge in [-0.1, -0.05) is 55.3 Å².